The van der Waals surface area contributed by atoms with Gasteiger partial charge >= 0.3 is 6.41 Å². The fourth-order valence-corrected chi connectivity index (χ4v) is 3.22. The van der Waals surface area contributed by atoms with Crippen LogP contribution in [0.4, 0.5) is 0 Å². The molecule has 1 aromatic heterocycles. The first-order valence-electron chi connectivity index (χ1n) is 5.54. The molecule has 2 aliphatic rings. The molecule has 3 rings (SSSR count). The predicted molar refractivity (Wildman–Crippen MR) is 64.6 cm³/mol. The molecule has 0 saturated carbocycles. The van der Waals surface area contributed by atoms with Gasteiger partial charge in [-0.25, -0.2) is 0 Å². The first-order chi connectivity index (χ1) is 7.88. The minimum Gasteiger partial charge on any atom is -0.353 e. The summed E-state index contributed by atoms with van der Waals surface area (Å²) >= 11 is 1.77. The Morgan fingerprint density at radius 2 is 2.44 bits per heavy atom. The maximum Gasteiger partial charge on any atom is 0.313 e. The van der Waals surface area contributed by atoms with Crippen LogP contribution in [0.15, 0.2) is 11.4 Å². The Morgan fingerprint density at radius 1 is 1.50 bits per heavy atom. The van der Waals surface area contributed by atoms with Gasteiger partial charge in [-0.05, 0) is 30.4 Å². The minimum atomic E-state index is 0.210. The van der Waals surface area contributed by atoms with Gasteiger partial charge in [-0.3, -0.25) is 4.79 Å². The van der Waals surface area contributed by atoms with E-state index in [4.69, 9.17) is 0 Å². The fraction of sp³-hybridized carbons (Fsp3) is 0.417. The monoisotopic (exact) mass is 233 g/mol. The highest BCUT2D eigenvalue weighted by Crippen LogP contribution is 2.19. The molecule has 1 fully saturated rings. The number of hydrogen-bond acceptors (Lipinski definition) is 3. The largest absolute Gasteiger partial charge is 0.353 e. The lowest BCUT2D eigenvalue weighted by atomic mass is 10.2. The number of likely N-dealkylation sites (tertiary alicyclic amines) is 1. The van der Waals surface area contributed by atoms with E-state index in [0.717, 1.165) is 25.9 Å². The van der Waals surface area contributed by atoms with Gasteiger partial charge in [0.1, 0.15) is 6.17 Å². The van der Waals surface area contributed by atoms with E-state index in [1.165, 1.54) is 9.75 Å². The van der Waals surface area contributed by atoms with E-state index in [-0.39, 0.29) is 6.17 Å². The Hall–Kier alpha value is -1.29. The number of nitrogens with zero attached hydrogens (tertiary/aromatic N) is 2. The van der Waals surface area contributed by atoms with Crippen LogP contribution in [-0.4, -0.2) is 35.5 Å². The smallest absolute Gasteiger partial charge is 0.313 e. The molecular weight excluding hydrogens is 220 g/mol. The van der Waals surface area contributed by atoms with Crippen molar-refractivity contribution in [3.8, 4) is 0 Å². The van der Waals surface area contributed by atoms with Crippen LogP contribution in [0.2, 0.25) is 0 Å². The van der Waals surface area contributed by atoms with Gasteiger partial charge in [-0.15, -0.1) is 11.3 Å². The third kappa shape index (κ3) is 1.53. The van der Waals surface area contributed by atoms with Gasteiger partial charge in [0.2, 0.25) is 0 Å². The second-order valence-electron chi connectivity index (χ2n) is 4.18. The summed E-state index contributed by atoms with van der Waals surface area (Å²) in [6, 6.07) is 2.13. The van der Waals surface area contributed by atoms with Crippen LogP contribution in [0.25, 0.3) is 12.3 Å². The molecule has 83 valence electrons. The summed E-state index contributed by atoms with van der Waals surface area (Å²) < 4.78 is 1.34. The van der Waals surface area contributed by atoms with Crippen molar-refractivity contribution in [1.29, 1.82) is 0 Å². The van der Waals surface area contributed by atoms with E-state index in [0.29, 0.717) is 0 Å². The molecule has 1 saturated heterocycles. The van der Waals surface area contributed by atoms with Crippen LogP contribution in [0, 0.1) is 0 Å². The number of rotatable bonds is 2. The first-order valence-corrected chi connectivity index (χ1v) is 6.42. The molecular formula is C12H13N2OS. The maximum atomic E-state index is 10.8. The quantitative estimate of drug-likeness (QED) is 0.722. The van der Waals surface area contributed by atoms with Crippen molar-refractivity contribution in [2.75, 3.05) is 13.1 Å². The van der Waals surface area contributed by atoms with Gasteiger partial charge in [0.15, 0.2) is 0 Å². The van der Waals surface area contributed by atoms with E-state index in [1.807, 2.05) is 6.41 Å². The van der Waals surface area contributed by atoms with Crippen LogP contribution < -0.4 is 9.75 Å². The van der Waals surface area contributed by atoms with Crippen LogP contribution in [-0.2, 0) is 4.79 Å². The highest BCUT2D eigenvalue weighted by molar-refractivity contribution is 7.07. The van der Waals surface area contributed by atoms with E-state index >= 15 is 0 Å². The van der Waals surface area contributed by atoms with Crippen molar-refractivity contribution in [2.24, 2.45) is 0 Å². The average molecular weight is 233 g/mol. The third-order valence-corrected chi connectivity index (χ3v) is 4.17. The molecule has 0 N–H and O–H groups in total. The molecule has 16 heavy (non-hydrogen) atoms. The number of fused-ring (bicyclic) bond motifs is 1. The first kappa shape index (κ1) is 9.90. The zero-order valence-electron chi connectivity index (χ0n) is 8.93. The third-order valence-electron chi connectivity index (χ3n) is 3.24. The van der Waals surface area contributed by atoms with Crippen LogP contribution in [0.3, 0.4) is 0 Å². The molecule has 0 bridgehead atoms. The maximum absolute atomic E-state index is 10.8. The molecule has 0 aromatic carbocycles. The molecule has 1 amide bonds. The minimum absolute atomic E-state index is 0.210. The van der Waals surface area contributed by atoms with Crippen LogP contribution in [0.1, 0.15) is 12.8 Å². The normalized spacial score (nSPS) is 23.6. The summed E-state index contributed by atoms with van der Waals surface area (Å²) in [7, 11) is 0. The Kier molecular flexibility index (Phi) is 2.44. The van der Waals surface area contributed by atoms with Crippen molar-refractivity contribution in [3.05, 3.63) is 21.2 Å². The van der Waals surface area contributed by atoms with Crippen LogP contribution >= 0.6 is 11.3 Å². The van der Waals surface area contributed by atoms with Gasteiger partial charge in [0.05, 0.1) is 0 Å². The number of hydrogen-bond donors (Lipinski definition) is 0. The Balaban J connectivity index is 1.90. The molecule has 0 spiro atoms. The summed E-state index contributed by atoms with van der Waals surface area (Å²) in [4.78, 5) is 14.8. The second-order valence-corrected chi connectivity index (χ2v) is 5.13. The molecule has 1 aromatic rings. The topological polar surface area (TPSA) is 23.6 Å². The molecule has 1 unspecified atom stereocenters. The van der Waals surface area contributed by atoms with E-state index < -0.39 is 0 Å². The van der Waals surface area contributed by atoms with Gasteiger partial charge in [-0.1, -0.05) is 0 Å². The van der Waals surface area contributed by atoms with E-state index in [2.05, 4.69) is 28.6 Å². The molecule has 1 atom stereocenters. The number of thiophene rings is 1. The summed E-state index contributed by atoms with van der Waals surface area (Å²) in [5.41, 5.74) is 0. The highest BCUT2D eigenvalue weighted by Gasteiger charge is 2.27. The Morgan fingerprint density at radius 3 is 3.31 bits per heavy atom. The summed E-state index contributed by atoms with van der Waals surface area (Å²) in [6.45, 7) is 1.74. The van der Waals surface area contributed by atoms with E-state index in [1.54, 1.807) is 16.2 Å². The lowest BCUT2D eigenvalue weighted by molar-refractivity contribution is 0.206. The van der Waals surface area contributed by atoms with Gasteiger partial charge in [0, 0.05) is 29.0 Å². The zero-order valence-corrected chi connectivity index (χ0v) is 9.74. The zero-order chi connectivity index (χ0) is 11.0. The number of amides is 1. The molecule has 1 radical (unpaired) electrons. The SMILES string of the molecule is O=[C]N1CCCC1N1C=c2ccsc2=CC1. The molecule has 4 heteroatoms. The summed E-state index contributed by atoms with van der Waals surface area (Å²) in [5.74, 6) is 0. The fourth-order valence-electron chi connectivity index (χ4n) is 2.43. The van der Waals surface area contributed by atoms with Gasteiger partial charge in [-0.2, -0.15) is 0 Å². The predicted octanol–water partition coefficient (Wildman–Crippen LogP) is 0.0713. The molecule has 2 aliphatic heterocycles. The van der Waals surface area contributed by atoms with Crippen LogP contribution in [0.5, 0.6) is 0 Å². The lowest BCUT2D eigenvalue weighted by Crippen LogP contribution is -2.44. The van der Waals surface area contributed by atoms with E-state index in [9.17, 15) is 4.79 Å². The highest BCUT2D eigenvalue weighted by atomic mass is 32.1. The molecule has 0 aliphatic carbocycles. The van der Waals surface area contributed by atoms with Crippen molar-refractivity contribution in [2.45, 2.75) is 19.0 Å². The summed E-state index contributed by atoms with van der Waals surface area (Å²) in [5, 5.41) is 3.38. The van der Waals surface area contributed by atoms with Crippen molar-refractivity contribution in [3.63, 3.8) is 0 Å². The summed E-state index contributed by atoms with van der Waals surface area (Å²) in [6.07, 6.45) is 8.80. The van der Waals surface area contributed by atoms with Crippen molar-refractivity contribution >= 4 is 30.0 Å². The Bertz CT molecular complexity index is 507. The van der Waals surface area contributed by atoms with Crippen molar-refractivity contribution in [1.82, 2.24) is 9.80 Å². The second kappa shape index (κ2) is 3.94. The number of carbonyl (C=O) groups excluding carboxylic acids is 1. The van der Waals surface area contributed by atoms with Crippen molar-refractivity contribution < 1.29 is 4.79 Å². The molecule has 3 heterocycles. The average Bonchev–Trinajstić information content (AvgIpc) is 2.96. The molecule has 3 nitrogen and oxygen atoms in total. The van der Waals surface area contributed by atoms with Gasteiger partial charge < -0.3 is 9.80 Å². The van der Waals surface area contributed by atoms with Gasteiger partial charge in [0.25, 0.3) is 0 Å². The lowest BCUT2D eigenvalue weighted by Gasteiger charge is -2.31. The standard InChI is InChI=1S/C12H13N2OS/c15-9-14-5-1-2-12(14)13-6-3-11-10(8-13)4-7-16-11/h3-4,7-8,12H,1-2,5-6H2. The Labute approximate surface area is 98.3 Å².